The average molecular weight is 219 g/mol. The van der Waals surface area contributed by atoms with Gasteiger partial charge in [0.15, 0.2) is 0 Å². The first kappa shape index (κ1) is 13.2. The Morgan fingerprint density at radius 1 is 1.19 bits per heavy atom. The van der Waals surface area contributed by atoms with E-state index in [2.05, 4.69) is 64.3 Å². The minimum Gasteiger partial charge on any atom is -0.316 e. The Balaban J connectivity index is 2.70. The van der Waals surface area contributed by atoms with Gasteiger partial charge in [0.25, 0.3) is 0 Å². The summed E-state index contributed by atoms with van der Waals surface area (Å²) in [5.41, 5.74) is 2.79. The number of aryl methyl sites for hydroxylation is 1. The van der Waals surface area contributed by atoms with Crippen LogP contribution in [-0.2, 0) is 6.42 Å². The number of rotatable bonds is 5. The molecule has 0 radical (unpaired) electrons. The first-order valence-electron chi connectivity index (χ1n) is 6.27. The van der Waals surface area contributed by atoms with Gasteiger partial charge in [-0.2, -0.15) is 0 Å². The monoisotopic (exact) mass is 219 g/mol. The molecule has 0 aliphatic rings. The van der Waals surface area contributed by atoms with Crippen molar-refractivity contribution in [2.45, 2.75) is 40.2 Å². The summed E-state index contributed by atoms with van der Waals surface area (Å²) in [7, 11) is 2.07. The molecule has 0 amide bonds. The molecule has 1 nitrogen and oxygen atoms in total. The quantitative estimate of drug-likeness (QED) is 0.800. The number of hydrogen-bond donors (Lipinski definition) is 1. The van der Waals surface area contributed by atoms with Crippen molar-refractivity contribution in [1.82, 2.24) is 5.32 Å². The maximum Gasteiger partial charge on any atom is 0.0132 e. The van der Waals surface area contributed by atoms with Gasteiger partial charge >= 0.3 is 0 Å². The molecule has 2 atom stereocenters. The molecule has 0 saturated heterocycles. The molecule has 1 aromatic carbocycles. The Morgan fingerprint density at radius 2 is 1.88 bits per heavy atom. The number of hydrogen-bond acceptors (Lipinski definition) is 1. The second kappa shape index (κ2) is 6.05. The summed E-state index contributed by atoms with van der Waals surface area (Å²) in [6.45, 7) is 9.09. The van der Waals surface area contributed by atoms with E-state index in [1.807, 2.05) is 0 Å². The summed E-state index contributed by atoms with van der Waals surface area (Å²) < 4.78 is 0. The second-order valence-electron chi connectivity index (χ2n) is 5.19. The Hall–Kier alpha value is -0.820. The van der Waals surface area contributed by atoms with E-state index in [-0.39, 0.29) is 0 Å². The van der Waals surface area contributed by atoms with E-state index >= 15 is 0 Å². The molecule has 0 aliphatic heterocycles. The van der Waals surface area contributed by atoms with E-state index in [4.69, 9.17) is 0 Å². The van der Waals surface area contributed by atoms with Gasteiger partial charge in [-0.3, -0.25) is 0 Å². The predicted molar refractivity (Wildman–Crippen MR) is 71.7 cm³/mol. The van der Waals surface area contributed by atoms with Crippen molar-refractivity contribution in [3.63, 3.8) is 0 Å². The van der Waals surface area contributed by atoms with Crippen molar-refractivity contribution in [2.24, 2.45) is 11.8 Å². The maximum atomic E-state index is 3.45. The van der Waals surface area contributed by atoms with Gasteiger partial charge in [0.2, 0.25) is 0 Å². The van der Waals surface area contributed by atoms with Gasteiger partial charge in [-0.1, -0.05) is 50.6 Å². The molecular formula is C15H25N. The summed E-state index contributed by atoms with van der Waals surface area (Å²) in [5.74, 6) is 1.42. The molecule has 0 aromatic heterocycles. The molecule has 0 spiro atoms. The van der Waals surface area contributed by atoms with Crippen LogP contribution in [0.2, 0.25) is 0 Å². The first-order chi connectivity index (χ1) is 7.54. The molecule has 1 heteroatoms. The first-order valence-corrected chi connectivity index (χ1v) is 6.27. The van der Waals surface area contributed by atoms with Crippen LogP contribution in [-0.4, -0.2) is 13.1 Å². The third-order valence-corrected chi connectivity index (χ3v) is 3.60. The van der Waals surface area contributed by atoms with Crippen LogP contribution in [0.25, 0.3) is 0 Å². The van der Waals surface area contributed by atoms with Crippen LogP contribution >= 0.6 is 0 Å². The van der Waals surface area contributed by atoms with E-state index in [1.54, 1.807) is 0 Å². The van der Waals surface area contributed by atoms with Gasteiger partial charge < -0.3 is 5.32 Å². The normalized spacial score (nSPS) is 15.1. The van der Waals surface area contributed by atoms with E-state index < -0.39 is 0 Å². The third kappa shape index (κ3) is 3.64. The summed E-state index contributed by atoms with van der Waals surface area (Å²) in [4.78, 5) is 0. The van der Waals surface area contributed by atoms with Gasteiger partial charge in [0, 0.05) is 6.04 Å². The maximum absolute atomic E-state index is 3.45. The zero-order chi connectivity index (χ0) is 12.1. The number of likely N-dealkylation sites (N-methyl/N-ethyl adjacent to an activating group) is 1. The standard InChI is InChI=1S/C15H25N/c1-11(2)13(4)15(16-5)10-14-8-6-7-12(3)9-14/h6-9,11,13,15-16H,10H2,1-5H3. The minimum absolute atomic E-state index is 0.571. The largest absolute Gasteiger partial charge is 0.316 e. The summed E-state index contributed by atoms with van der Waals surface area (Å²) >= 11 is 0. The van der Waals surface area contributed by atoms with Crippen LogP contribution in [0.5, 0.6) is 0 Å². The second-order valence-corrected chi connectivity index (χ2v) is 5.19. The average Bonchev–Trinajstić information content (AvgIpc) is 2.25. The number of nitrogens with one attached hydrogen (secondary N) is 1. The van der Waals surface area contributed by atoms with Crippen LogP contribution < -0.4 is 5.32 Å². The van der Waals surface area contributed by atoms with Gasteiger partial charge in [-0.25, -0.2) is 0 Å². The van der Waals surface area contributed by atoms with Gasteiger partial charge in [-0.15, -0.1) is 0 Å². The lowest BCUT2D eigenvalue weighted by molar-refractivity contribution is 0.310. The molecule has 1 rings (SSSR count). The molecule has 90 valence electrons. The van der Waals surface area contributed by atoms with Crippen molar-refractivity contribution in [1.29, 1.82) is 0 Å². The zero-order valence-electron chi connectivity index (χ0n) is 11.2. The van der Waals surface area contributed by atoms with Crippen molar-refractivity contribution >= 4 is 0 Å². The van der Waals surface area contributed by atoms with Crippen LogP contribution in [0.3, 0.4) is 0 Å². The summed E-state index contributed by atoms with van der Waals surface area (Å²) in [6.07, 6.45) is 1.12. The van der Waals surface area contributed by atoms with Crippen LogP contribution in [0.15, 0.2) is 24.3 Å². The van der Waals surface area contributed by atoms with Crippen molar-refractivity contribution in [3.8, 4) is 0 Å². The lowest BCUT2D eigenvalue weighted by Crippen LogP contribution is -2.36. The van der Waals surface area contributed by atoms with E-state index in [9.17, 15) is 0 Å². The van der Waals surface area contributed by atoms with Crippen LogP contribution in [0, 0.1) is 18.8 Å². The van der Waals surface area contributed by atoms with Gasteiger partial charge in [0.1, 0.15) is 0 Å². The summed E-state index contributed by atoms with van der Waals surface area (Å²) in [6, 6.07) is 9.39. The molecular weight excluding hydrogens is 194 g/mol. The molecule has 0 aliphatic carbocycles. The fourth-order valence-electron chi connectivity index (χ4n) is 2.11. The molecule has 1 aromatic rings. The molecule has 0 heterocycles. The Kier molecular flexibility index (Phi) is 5.01. The van der Waals surface area contributed by atoms with Crippen molar-refractivity contribution in [2.75, 3.05) is 7.05 Å². The molecule has 0 bridgehead atoms. The van der Waals surface area contributed by atoms with E-state index in [0.29, 0.717) is 12.0 Å². The number of benzene rings is 1. The van der Waals surface area contributed by atoms with E-state index in [1.165, 1.54) is 11.1 Å². The fraction of sp³-hybridized carbons (Fsp3) is 0.600. The lowest BCUT2D eigenvalue weighted by atomic mass is 9.86. The SMILES string of the molecule is CNC(Cc1cccc(C)c1)C(C)C(C)C. The highest BCUT2D eigenvalue weighted by Crippen LogP contribution is 2.18. The van der Waals surface area contributed by atoms with Crippen LogP contribution in [0.1, 0.15) is 31.9 Å². The molecule has 16 heavy (non-hydrogen) atoms. The molecule has 0 saturated carbocycles. The lowest BCUT2D eigenvalue weighted by Gasteiger charge is -2.26. The van der Waals surface area contributed by atoms with Crippen molar-refractivity contribution < 1.29 is 0 Å². The topological polar surface area (TPSA) is 12.0 Å². The Bertz CT molecular complexity index is 317. The third-order valence-electron chi connectivity index (χ3n) is 3.60. The molecule has 1 N–H and O–H groups in total. The fourth-order valence-corrected chi connectivity index (χ4v) is 2.11. The Morgan fingerprint density at radius 3 is 2.38 bits per heavy atom. The van der Waals surface area contributed by atoms with Crippen LogP contribution in [0.4, 0.5) is 0 Å². The van der Waals surface area contributed by atoms with Crippen molar-refractivity contribution in [3.05, 3.63) is 35.4 Å². The minimum atomic E-state index is 0.571. The van der Waals surface area contributed by atoms with Gasteiger partial charge in [-0.05, 0) is 37.8 Å². The summed E-state index contributed by atoms with van der Waals surface area (Å²) in [5, 5.41) is 3.45. The van der Waals surface area contributed by atoms with E-state index in [0.717, 1.165) is 12.3 Å². The predicted octanol–water partition coefficient (Wildman–Crippen LogP) is 3.42. The zero-order valence-corrected chi connectivity index (χ0v) is 11.2. The molecule has 2 unspecified atom stereocenters. The molecule has 0 fully saturated rings. The Labute approximate surface area is 100 Å². The van der Waals surface area contributed by atoms with Gasteiger partial charge in [0.05, 0.1) is 0 Å². The highest BCUT2D eigenvalue weighted by molar-refractivity contribution is 5.23. The highest BCUT2D eigenvalue weighted by Gasteiger charge is 2.18. The highest BCUT2D eigenvalue weighted by atomic mass is 14.9. The smallest absolute Gasteiger partial charge is 0.0132 e.